The van der Waals surface area contributed by atoms with Crippen LogP contribution in [-0.2, 0) is 14.0 Å². The third-order valence-electron chi connectivity index (χ3n) is 6.58. The lowest BCUT2D eigenvalue weighted by atomic mass is 9.71. The fourth-order valence-corrected chi connectivity index (χ4v) is 4.15. The van der Waals surface area contributed by atoms with Gasteiger partial charge in [-0.2, -0.15) is 0 Å². The third kappa shape index (κ3) is 4.84. The fraction of sp³-hybridized carbons (Fsp3) is 0.393. The van der Waals surface area contributed by atoms with Gasteiger partial charge in [-0.25, -0.2) is 4.79 Å². The molecule has 3 aromatic carbocycles. The van der Waals surface area contributed by atoms with E-state index in [-0.39, 0.29) is 0 Å². The van der Waals surface area contributed by atoms with Gasteiger partial charge in [-0.15, -0.1) is 0 Å². The van der Waals surface area contributed by atoms with Crippen LogP contribution in [-0.4, -0.2) is 30.0 Å². The Bertz CT molecular complexity index is 1170. The van der Waals surface area contributed by atoms with Gasteiger partial charge in [-0.1, -0.05) is 66.7 Å². The molecule has 4 rings (SSSR count). The Morgan fingerprint density at radius 3 is 2.09 bits per heavy atom. The van der Waals surface area contributed by atoms with E-state index in [0.29, 0.717) is 0 Å². The summed E-state index contributed by atoms with van der Waals surface area (Å²) in [5.74, 6) is 0. The summed E-state index contributed by atoms with van der Waals surface area (Å²) in [5, 5.41) is 5.00. The molecule has 0 radical (unpaired) electrons. The van der Waals surface area contributed by atoms with Crippen molar-refractivity contribution in [2.45, 2.75) is 71.3 Å². The molecule has 0 saturated carbocycles. The zero-order valence-corrected chi connectivity index (χ0v) is 21.1. The molecule has 1 unspecified atom stereocenters. The summed E-state index contributed by atoms with van der Waals surface area (Å²) in [6.07, 6.45) is -1.11. The van der Waals surface area contributed by atoms with Gasteiger partial charge in [-0.3, -0.25) is 0 Å². The van der Waals surface area contributed by atoms with Crippen molar-refractivity contribution in [3.05, 3.63) is 77.9 Å². The van der Waals surface area contributed by atoms with E-state index in [1.807, 2.05) is 97.0 Å². The molecule has 0 aromatic heterocycles. The van der Waals surface area contributed by atoms with Crippen LogP contribution in [0.4, 0.5) is 4.79 Å². The van der Waals surface area contributed by atoms with Crippen molar-refractivity contribution >= 4 is 29.4 Å². The molecule has 1 heterocycles. The maximum atomic E-state index is 12.9. The highest BCUT2D eigenvalue weighted by atomic mass is 16.7. The summed E-state index contributed by atoms with van der Waals surface area (Å²) in [6, 6.07) is 22.0. The molecule has 1 aliphatic rings. The van der Waals surface area contributed by atoms with Crippen molar-refractivity contribution < 1.29 is 18.8 Å². The molecule has 0 spiro atoms. The number of carbonyl (C=O) groups excluding carboxylic acids is 1. The normalized spacial score (nSPS) is 18.0. The number of fused-ring (bicyclic) bond motifs is 1. The SMILES string of the molecule is CC(C)(C)NC(=O)OC(c1ccccc1)c1ccc2ccccc2c1B1OC(C)(C)C(C)(C)O1. The quantitative estimate of drug-likeness (QED) is 0.505. The van der Waals surface area contributed by atoms with Crippen molar-refractivity contribution in [2.24, 2.45) is 0 Å². The molecule has 3 aromatic rings. The molecular weight excluding hydrogens is 425 g/mol. The molecule has 1 saturated heterocycles. The van der Waals surface area contributed by atoms with Crippen LogP contribution in [0, 0.1) is 0 Å². The Morgan fingerprint density at radius 2 is 1.47 bits per heavy atom. The summed E-state index contributed by atoms with van der Waals surface area (Å²) in [5.41, 5.74) is 1.18. The standard InChI is InChI=1S/C28H34BNO4/c1-26(2,3)30-25(31)32-24(20-14-9-8-10-15-20)22-18-17-19-13-11-12-16-21(19)23(22)29-33-27(4,5)28(6,7)34-29/h8-18,24H,1-7H3,(H,30,31). The van der Waals surface area contributed by atoms with E-state index in [2.05, 4.69) is 23.5 Å². The van der Waals surface area contributed by atoms with Gasteiger partial charge in [0, 0.05) is 5.54 Å². The minimum atomic E-state index is -0.637. The molecule has 1 amide bonds. The van der Waals surface area contributed by atoms with Crippen LogP contribution in [0.3, 0.4) is 0 Å². The van der Waals surface area contributed by atoms with E-state index in [9.17, 15) is 4.79 Å². The predicted molar refractivity (Wildman–Crippen MR) is 137 cm³/mol. The number of rotatable bonds is 4. The first kappa shape index (κ1) is 24.3. The Labute approximate surface area is 202 Å². The smallest absolute Gasteiger partial charge is 0.436 e. The topological polar surface area (TPSA) is 56.8 Å². The first-order chi connectivity index (χ1) is 15.9. The van der Waals surface area contributed by atoms with Crippen LogP contribution in [0.15, 0.2) is 66.7 Å². The zero-order chi connectivity index (χ0) is 24.7. The largest absolute Gasteiger partial charge is 0.495 e. The van der Waals surface area contributed by atoms with Gasteiger partial charge in [0.15, 0.2) is 6.10 Å². The molecule has 34 heavy (non-hydrogen) atoms. The molecule has 178 valence electrons. The minimum Gasteiger partial charge on any atom is -0.436 e. The molecule has 0 aliphatic carbocycles. The second-order valence-electron chi connectivity index (χ2n) is 10.9. The summed E-state index contributed by atoms with van der Waals surface area (Å²) in [4.78, 5) is 12.9. The second kappa shape index (κ2) is 8.75. The van der Waals surface area contributed by atoms with Crippen molar-refractivity contribution in [3.8, 4) is 0 Å². The number of nitrogens with one attached hydrogen (secondary N) is 1. The molecular formula is C28H34BNO4. The maximum Gasteiger partial charge on any atom is 0.495 e. The summed E-state index contributed by atoms with van der Waals surface area (Å²) in [6.45, 7) is 14.0. The number of hydrogen-bond donors (Lipinski definition) is 1. The molecule has 6 heteroatoms. The van der Waals surface area contributed by atoms with Crippen LogP contribution in [0.25, 0.3) is 10.8 Å². The number of carbonyl (C=O) groups is 1. The van der Waals surface area contributed by atoms with Gasteiger partial charge in [0.05, 0.1) is 11.2 Å². The highest BCUT2D eigenvalue weighted by molar-refractivity contribution is 6.65. The van der Waals surface area contributed by atoms with Crippen molar-refractivity contribution in [3.63, 3.8) is 0 Å². The Hall–Kier alpha value is -2.83. The third-order valence-corrected chi connectivity index (χ3v) is 6.58. The lowest BCUT2D eigenvalue weighted by Crippen LogP contribution is -2.43. The summed E-state index contributed by atoms with van der Waals surface area (Å²) >= 11 is 0. The predicted octanol–water partition coefficient (Wildman–Crippen LogP) is 5.75. The first-order valence-corrected chi connectivity index (χ1v) is 11.8. The molecule has 1 N–H and O–H groups in total. The minimum absolute atomic E-state index is 0.420. The molecule has 0 bridgehead atoms. The van der Waals surface area contributed by atoms with Crippen LogP contribution in [0.1, 0.15) is 65.7 Å². The summed E-state index contributed by atoms with van der Waals surface area (Å²) in [7, 11) is -0.605. The van der Waals surface area contributed by atoms with E-state index in [1.54, 1.807) is 0 Å². The summed E-state index contributed by atoms with van der Waals surface area (Å²) < 4.78 is 19.1. The fourth-order valence-electron chi connectivity index (χ4n) is 4.15. The van der Waals surface area contributed by atoms with E-state index < -0.39 is 36.1 Å². The van der Waals surface area contributed by atoms with Gasteiger partial charge in [-0.05, 0) is 75.8 Å². The van der Waals surface area contributed by atoms with Gasteiger partial charge < -0.3 is 19.4 Å². The maximum absolute atomic E-state index is 12.9. The Morgan fingerprint density at radius 1 is 0.882 bits per heavy atom. The van der Waals surface area contributed by atoms with Gasteiger partial charge in [0.25, 0.3) is 0 Å². The van der Waals surface area contributed by atoms with E-state index in [1.165, 1.54) is 0 Å². The number of amides is 1. The van der Waals surface area contributed by atoms with Crippen molar-refractivity contribution in [2.75, 3.05) is 0 Å². The Kier molecular flexibility index (Phi) is 6.26. The lowest BCUT2D eigenvalue weighted by molar-refractivity contribution is 0.00578. The van der Waals surface area contributed by atoms with Gasteiger partial charge in [0.1, 0.15) is 0 Å². The molecule has 5 nitrogen and oxygen atoms in total. The van der Waals surface area contributed by atoms with Crippen molar-refractivity contribution in [1.82, 2.24) is 5.32 Å². The average Bonchev–Trinajstić information content (AvgIpc) is 2.97. The number of ether oxygens (including phenoxy) is 1. The van der Waals surface area contributed by atoms with Crippen LogP contribution < -0.4 is 10.8 Å². The van der Waals surface area contributed by atoms with Gasteiger partial charge >= 0.3 is 13.2 Å². The second-order valence-corrected chi connectivity index (χ2v) is 10.9. The van der Waals surface area contributed by atoms with E-state index in [0.717, 1.165) is 27.4 Å². The zero-order valence-electron chi connectivity index (χ0n) is 21.1. The Balaban J connectivity index is 1.88. The lowest BCUT2D eigenvalue weighted by Gasteiger charge is -2.32. The monoisotopic (exact) mass is 459 g/mol. The highest BCUT2D eigenvalue weighted by Gasteiger charge is 2.53. The number of alkyl carbamates (subject to hydrolysis) is 1. The number of benzene rings is 3. The molecule has 1 fully saturated rings. The van der Waals surface area contributed by atoms with E-state index >= 15 is 0 Å². The van der Waals surface area contributed by atoms with Gasteiger partial charge in [0.2, 0.25) is 0 Å². The average molecular weight is 459 g/mol. The number of hydrogen-bond acceptors (Lipinski definition) is 4. The van der Waals surface area contributed by atoms with Crippen LogP contribution in [0.2, 0.25) is 0 Å². The molecule has 1 atom stereocenters. The highest BCUT2D eigenvalue weighted by Crippen LogP contribution is 2.38. The van der Waals surface area contributed by atoms with Crippen LogP contribution >= 0.6 is 0 Å². The van der Waals surface area contributed by atoms with Crippen LogP contribution in [0.5, 0.6) is 0 Å². The molecule has 1 aliphatic heterocycles. The van der Waals surface area contributed by atoms with Crippen molar-refractivity contribution in [1.29, 1.82) is 0 Å². The van der Waals surface area contributed by atoms with E-state index in [4.69, 9.17) is 14.0 Å². The first-order valence-electron chi connectivity index (χ1n) is 11.8.